The Balaban J connectivity index is 2.74. The van der Waals surface area contributed by atoms with Crippen LogP contribution in [0.2, 0.25) is 0 Å². The molecule has 0 N–H and O–H groups in total. The average molecular weight is 217 g/mol. The molecule has 11 heavy (non-hydrogen) atoms. The van der Waals surface area contributed by atoms with Gasteiger partial charge in [0.2, 0.25) is 5.88 Å². The first-order valence-electron chi connectivity index (χ1n) is 2.84. The van der Waals surface area contributed by atoms with Gasteiger partial charge in [0.15, 0.2) is 0 Å². The van der Waals surface area contributed by atoms with Crippen LogP contribution in [0.15, 0.2) is 17.0 Å². The summed E-state index contributed by atoms with van der Waals surface area (Å²) in [5.74, 6) is -0.192. The van der Waals surface area contributed by atoms with Crippen LogP contribution in [0.5, 0.6) is 5.88 Å². The summed E-state index contributed by atoms with van der Waals surface area (Å²) in [6.07, 6.45) is 2.82. The van der Waals surface area contributed by atoms with E-state index in [1.165, 1.54) is 19.3 Å². The number of carbonyl (C=O) groups is 1. The smallest absolute Gasteiger partial charge is 0.309 e. The number of ether oxygens (including phenoxy) is 1. The van der Waals surface area contributed by atoms with E-state index in [1.54, 1.807) is 0 Å². The molecule has 1 heterocycles. The summed E-state index contributed by atoms with van der Waals surface area (Å²) < 4.78 is 5.24. The minimum absolute atomic E-state index is 0.209. The number of esters is 1. The third-order valence-corrected chi connectivity index (χ3v) is 1.25. The SMILES string of the molecule is CC(=O)Oc1cnc(Br)cn1. The quantitative estimate of drug-likeness (QED) is 0.662. The first kappa shape index (κ1) is 8.13. The molecule has 58 valence electrons. The van der Waals surface area contributed by atoms with Crippen molar-refractivity contribution in [2.75, 3.05) is 0 Å². The Bertz CT molecular complexity index is 260. The largest absolute Gasteiger partial charge is 0.406 e. The van der Waals surface area contributed by atoms with Crippen molar-refractivity contribution in [1.82, 2.24) is 9.97 Å². The maximum Gasteiger partial charge on any atom is 0.309 e. The second-order valence-electron chi connectivity index (χ2n) is 1.77. The van der Waals surface area contributed by atoms with Crippen molar-refractivity contribution in [2.24, 2.45) is 0 Å². The van der Waals surface area contributed by atoms with Crippen molar-refractivity contribution < 1.29 is 9.53 Å². The molecule has 0 aliphatic carbocycles. The van der Waals surface area contributed by atoms with Gasteiger partial charge in [-0.25, -0.2) is 9.97 Å². The van der Waals surface area contributed by atoms with E-state index in [2.05, 4.69) is 30.6 Å². The summed E-state index contributed by atoms with van der Waals surface area (Å²) >= 11 is 3.10. The lowest BCUT2D eigenvalue weighted by Crippen LogP contribution is -2.02. The van der Waals surface area contributed by atoms with Crippen molar-refractivity contribution >= 4 is 21.9 Å². The predicted octanol–water partition coefficient (Wildman–Crippen LogP) is 1.16. The normalized spacial score (nSPS) is 9.27. The molecule has 0 saturated heterocycles. The van der Waals surface area contributed by atoms with Crippen molar-refractivity contribution in [3.8, 4) is 5.88 Å². The summed E-state index contributed by atoms with van der Waals surface area (Å²) in [6.45, 7) is 1.31. The zero-order valence-electron chi connectivity index (χ0n) is 5.74. The van der Waals surface area contributed by atoms with Gasteiger partial charge in [-0.15, -0.1) is 0 Å². The highest BCUT2D eigenvalue weighted by Gasteiger charge is 1.98. The molecule has 1 aromatic rings. The minimum Gasteiger partial charge on any atom is -0.406 e. The van der Waals surface area contributed by atoms with Crippen LogP contribution >= 0.6 is 15.9 Å². The predicted molar refractivity (Wildman–Crippen MR) is 41.0 cm³/mol. The van der Waals surface area contributed by atoms with Crippen molar-refractivity contribution in [1.29, 1.82) is 0 Å². The third-order valence-electron chi connectivity index (χ3n) is 0.845. The van der Waals surface area contributed by atoms with Gasteiger partial charge in [-0.2, -0.15) is 0 Å². The Kier molecular flexibility index (Phi) is 2.53. The van der Waals surface area contributed by atoms with E-state index in [0.717, 1.165) is 0 Å². The monoisotopic (exact) mass is 216 g/mol. The summed E-state index contributed by atoms with van der Waals surface area (Å²) in [5, 5.41) is 0. The average Bonchev–Trinajstić information content (AvgIpc) is 1.93. The molecule has 0 spiro atoms. The lowest BCUT2D eigenvalue weighted by atomic mass is 10.7. The minimum atomic E-state index is -0.401. The molecule has 0 aliphatic rings. The first-order valence-corrected chi connectivity index (χ1v) is 3.64. The summed E-state index contributed by atoms with van der Waals surface area (Å²) in [6, 6.07) is 0. The Labute approximate surface area is 71.7 Å². The fourth-order valence-corrected chi connectivity index (χ4v) is 0.705. The maximum absolute atomic E-state index is 10.4. The molecule has 1 aromatic heterocycles. The van der Waals surface area contributed by atoms with Gasteiger partial charge in [0.05, 0.1) is 12.4 Å². The van der Waals surface area contributed by atoms with E-state index >= 15 is 0 Å². The van der Waals surface area contributed by atoms with Gasteiger partial charge in [-0.1, -0.05) is 0 Å². The molecular formula is C6H5BrN2O2. The van der Waals surface area contributed by atoms with Crippen LogP contribution in [0, 0.1) is 0 Å². The second-order valence-corrected chi connectivity index (χ2v) is 2.58. The summed E-state index contributed by atoms with van der Waals surface area (Å²) in [4.78, 5) is 18.0. The molecule has 0 radical (unpaired) electrons. The Hall–Kier alpha value is -0.970. The molecule has 4 nitrogen and oxygen atoms in total. The topological polar surface area (TPSA) is 52.1 Å². The number of rotatable bonds is 1. The van der Waals surface area contributed by atoms with E-state index < -0.39 is 5.97 Å². The lowest BCUT2D eigenvalue weighted by molar-refractivity contribution is -0.132. The molecule has 0 aromatic carbocycles. The van der Waals surface area contributed by atoms with Gasteiger partial charge < -0.3 is 4.74 Å². The van der Waals surface area contributed by atoms with Gasteiger partial charge in [-0.05, 0) is 15.9 Å². The summed E-state index contributed by atoms with van der Waals surface area (Å²) in [7, 11) is 0. The van der Waals surface area contributed by atoms with E-state index in [4.69, 9.17) is 0 Å². The highest BCUT2D eigenvalue weighted by molar-refractivity contribution is 9.10. The number of hydrogen-bond donors (Lipinski definition) is 0. The zero-order chi connectivity index (χ0) is 8.27. The molecule has 0 unspecified atom stereocenters. The van der Waals surface area contributed by atoms with Crippen LogP contribution in [0.1, 0.15) is 6.92 Å². The van der Waals surface area contributed by atoms with Gasteiger partial charge in [0.1, 0.15) is 4.60 Å². The van der Waals surface area contributed by atoms with Gasteiger partial charge in [0, 0.05) is 6.92 Å². The van der Waals surface area contributed by atoms with Crippen molar-refractivity contribution in [3.05, 3.63) is 17.0 Å². The van der Waals surface area contributed by atoms with Crippen LogP contribution in [0.3, 0.4) is 0 Å². The van der Waals surface area contributed by atoms with Gasteiger partial charge >= 0.3 is 5.97 Å². The number of nitrogens with zero attached hydrogens (tertiary/aromatic N) is 2. The van der Waals surface area contributed by atoms with E-state index in [-0.39, 0.29) is 5.88 Å². The molecule has 0 bridgehead atoms. The lowest BCUT2D eigenvalue weighted by Gasteiger charge is -1.96. The molecule has 5 heteroatoms. The fourth-order valence-electron chi connectivity index (χ4n) is 0.500. The van der Waals surface area contributed by atoms with E-state index in [1.807, 2.05) is 0 Å². The number of hydrogen-bond acceptors (Lipinski definition) is 4. The molecule has 0 aliphatic heterocycles. The first-order chi connectivity index (χ1) is 5.18. The Morgan fingerprint density at radius 3 is 2.73 bits per heavy atom. The molecule has 0 saturated carbocycles. The second kappa shape index (κ2) is 3.43. The maximum atomic E-state index is 10.4. The standard InChI is InChI=1S/C6H5BrN2O2/c1-4(10)11-6-3-8-5(7)2-9-6/h2-3H,1H3. The van der Waals surface area contributed by atoms with Crippen LogP contribution in [0.4, 0.5) is 0 Å². The van der Waals surface area contributed by atoms with Crippen molar-refractivity contribution in [2.45, 2.75) is 6.92 Å². The highest BCUT2D eigenvalue weighted by atomic mass is 79.9. The van der Waals surface area contributed by atoms with Crippen LogP contribution < -0.4 is 4.74 Å². The van der Waals surface area contributed by atoms with Crippen LogP contribution in [0.25, 0.3) is 0 Å². The van der Waals surface area contributed by atoms with Crippen molar-refractivity contribution in [3.63, 3.8) is 0 Å². The van der Waals surface area contributed by atoms with Crippen LogP contribution in [-0.2, 0) is 4.79 Å². The van der Waals surface area contributed by atoms with E-state index in [9.17, 15) is 4.79 Å². The third kappa shape index (κ3) is 2.63. The number of halogens is 1. The molecule has 0 fully saturated rings. The van der Waals surface area contributed by atoms with Gasteiger partial charge in [-0.3, -0.25) is 4.79 Å². The van der Waals surface area contributed by atoms with Crippen LogP contribution in [-0.4, -0.2) is 15.9 Å². The Morgan fingerprint density at radius 2 is 2.27 bits per heavy atom. The molecular weight excluding hydrogens is 212 g/mol. The Morgan fingerprint density at radius 1 is 1.55 bits per heavy atom. The molecule has 1 rings (SSSR count). The number of aromatic nitrogens is 2. The number of carbonyl (C=O) groups excluding carboxylic acids is 1. The van der Waals surface area contributed by atoms with Gasteiger partial charge in [0.25, 0.3) is 0 Å². The molecule has 0 amide bonds. The van der Waals surface area contributed by atoms with E-state index in [0.29, 0.717) is 4.60 Å². The highest BCUT2D eigenvalue weighted by Crippen LogP contribution is 2.07. The fraction of sp³-hybridized carbons (Fsp3) is 0.167. The summed E-state index contributed by atoms with van der Waals surface area (Å²) in [5.41, 5.74) is 0. The zero-order valence-corrected chi connectivity index (χ0v) is 7.33. The molecule has 0 atom stereocenters.